The third-order valence-corrected chi connectivity index (χ3v) is 2.91. The van der Waals surface area contributed by atoms with Gasteiger partial charge in [0, 0.05) is 5.88 Å². The second-order valence-electron chi connectivity index (χ2n) is 4.21. The van der Waals surface area contributed by atoms with Gasteiger partial charge in [0.2, 0.25) is 0 Å². The zero-order chi connectivity index (χ0) is 11.2. The number of hydrogen-bond donors (Lipinski definition) is 0. The lowest BCUT2D eigenvalue weighted by Crippen LogP contribution is -1.78. The number of unbranched alkanes of at least 4 members (excludes halogenated alkanes) is 8. The first-order valence-electron chi connectivity index (χ1n) is 6.62. The van der Waals surface area contributed by atoms with Crippen LogP contribution in [0, 0.1) is 0 Å². The Hall–Kier alpha value is 0.0300. The summed E-state index contributed by atoms with van der Waals surface area (Å²) in [5.74, 6) is 0.811. The lowest BCUT2D eigenvalue weighted by atomic mass is 10.1. The Bertz CT molecular complexity index is 129. The quantitative estimate of drug-likeness (QED) is 0.243. The van der Waals surface area contributed by atoms with Crippen molar-refractivity contribution in [1.82, 2.24) is 0 Å². The molecule has 0 nitrogen and oxygen atoms in total. The number of alkyl halides is 1. The van der Waals surface area contributed by atoms with Gasteiger partial charge in [-0.3, -0.25) is 0 Å². The molecule has 0 rings (SSSR count). The van der Waals surface area contributed by atoms with E-state index in [1.165, 1.54) is 57.8 Å². The molecule has 0 fully saturated rings. The van der Waals surface area contributed by atoms with E-state index in [1.54, 1.807) is 0 Å². The molecule has 0 atom stereocenters. The highest BCUT2D eigenvalue weighted by Crippen LogP contribution is 2.07. The fourth-order valence-electron chi connectivity index (χ4n) is 1.63. The summed E-state index contributed by atoms with van der Waals surface area (Å²) >= 11 is 5.60. The van der Waals surface area contributed by atoms with E-state index >= 15 is 0 Å². The summed E-state index contributed by atoms with van der Waals surface area (Å²) < 4.78 is 0. The molecule has 15 heavy (non-hydrogen) atoms. The summed E-state index contributed by atoms with van der Waals surface area (Å²) in [6.07, 6.45) is 17.9. The zero-order valence-corrected chi connectivity index (χ0v) is 11.1. The van der Waals surface area contributed by atoms with E-state index in [4.69, 9.17) is 11.6 Å². The molecule has 0 aliphatic heterocycles. The van der Waals surface area contributed by atoms with Crippen LogP contribution in [-0.4, -0.2) is 5.88 Å². The predicted molar refractivity (Wildman–Crippen MR) is 71.7 cm³/mol. The largest absolute Gasteiger partial charge is 0.127 e. The average molecular weight is 231 g/mol. The molecule has 0 bridgehead atoms. The summed E-state index contributed by atoms with van der Waals surface area (Å²) in [4.78, 5) is 0. The molecule has 0 spiro atoms. The van der Waals surface area contributed by atoms with Crippen LogP contribution in [0.2, 0.25) is 0 Å². The molecule has 0 aromatic rings. The van der Waals surface area contributed by atoms with Gasteiger partial charge >= 0.3 is 0 Å². The summed E-state index contributed by atoms with van der Waals surface area (Å²) in [6.45, 7) is 2.27. The Morgan fingerprint density at radius 1 is 0.733 bits per heavy atom. The third kappa shape index (κ3) is 14.0. The average Bonchev–Trinajstić information content (AvgIpc) is 2.26. The van der Waals surface area contributed by atoms with Crippen molar-refractivity contribution in [1.29, 1.82) is 0 Å². The standard InChI is InChI=1S/C14H27Cl/c1-2-3-4-5-6-7-8-9-10-11-12-13-14-15/h9-10H,2-8,11-14H2,1H3/b10-9-. The van der Waals surface area contributed by atoms with Crippen LogP contribution in [0.25, 0.3) is 0 Å². The highest BCUT2D eigenvalue weighted by Gasteiger charge is 1.88. The number of halogens is 1. The molecule has 0 aromatic carbocycles. The second-order valence-corrected chi connectivity index (χ2v) is 4.59. The van der Waals surface area contributed by atoms with Gasteiger partial charge in [0.25, 0.3) is 0 Å². The van der Waals surface area contributed by atoms with Crippen LogP contribution in [-0.2, 0) is 0 Å². The maximum Gasteiger partial charge on any atom is 0.0223 e. The van der Waals surface area contributed by atoms with E-state index in [-0.39, 0.29) is 0 Å². The van der Waals surface area contributed by atoms with Crippen molar-refractivity contribution >= 4 is 11.6 Å². The van der Waals surface area contributed by atoms with Crippen LogP contribution in [0.5, 0.6) is 0 Å². The van der Waals surface area contributed by atoms with E-state index in [9.17, 15) is 0 Å². The lowest BCUT2D eigenvalue weighted by molar-refractivity contribution is 0.611. The van der Waals surface area contributed by atoms with Gasteiger partial charge in [0.05, 0.1) is 0 Å². The van der Waals surface area contributed by atoms with Crippen LogP contribution >= 0.6 is 11.6 Å². The maximum atomic E-state index is 5.60. The lowest BCUT2D eigenvalue weighted by Gasteiger charge is -1.97. The van der Waals surface area contributed by atoms with Gasteiger partial charge in [-0.15, -0.1) is 11.6 Å². The SMILES string of the molecule is CCCCCCCC/C=C\CCCCCl. The van der Waals surface area contributed by atoms with Crippen molar-refractivity contribution in [3.63, 3.8) is 0 Å². The van der Waals surface area contributed by atoms with Gasteiger partial charge in [-0.25, -0.2) is 0 Å². The summed E-state index contributed by atoms with van der Waals surface area (Å²) in [7, 11) is 0. The third-order valence-electron chi connectivity index (χ3n) is 2.65. The summed E-state index contributed by atoms with van der Waals surface area (Å²) in [5.41, 5.74) is 0. The molecule has 0 N–H and O–H groups in total. The minimum atomic E-state index is 0.811. The number of hydrogen-bond acceptors (Lipinski definition) is 0. The molecular weight excluding hydrogens is 204 g/mol. The summed E-state index contributed by atoms with van der Waals surface area (Å²) in [5, 5.41) is 0. The van der Waals surface area contributed by atoms with Crippen LogP contribution in [0.15, 0.2) is 12.2 Å². The molecular formula is C14H27Cl. The van der Waals surface area contributed by atoms with Crippen molar-refractivity contribution in [3.8, 4) is 0 Å². The first-order valence-corrected chi connectivity index (χ1v) is 7.16. The highest BCUT2D eigenvalue weighted by molar-refractivity contribution is 6.17. The van der Waals surface area contributed by atoms with Crippen molar-refractivity contribution in [2.24, 2.45) is 0 Å². The molecule has 0 aliphatic carbocycles. The van der Waals surface area contributed by atoms with Crippen LogP contribution in [0.4, 0.5) is 0 Å². The fraction of sp³-hybridized carbons (Fsp3) is 0.857. The van der Waals surface area contributed by atoms with Crippen LogP contribution in [0.3, 0.4) is 0 Å². The molecule has 90 valence electrons. The van der Waals surface area contributed by atoms with Gasteiger partial charge in [-0.05, 0) is 32.1 Å². The molecule has 0 unspecified atom stereocenters. The molecule has 0 amide bonds. The van der Waals surface area contributed by atoms with Crippen molar-refractivity contribution in [2.45, 2.75) is 71.1 Å². The minimum absolute atomic E-state index is 0.811. The maximum absolute atomic E-state index is 5.60. The van der Waals surface area contributed by atoms with Gasteiger partial charge in [0.1, 0.15) is 0 Å². The van der Waals surface area contributed by atoms with Crippen molar-refractivity contribution in [2.75, 3.05) is 5.88 Å². The molecule has 0 saturated heterocycles. The van der Waals surface area contributed by atoms with Gasteiger partial charge in [-0.1, -0.05) is 51.2 Å². The molecule has 1 heteroatoms. The van der Waals surface area contributed by atoms with Gasteiger partial charge < -0.3 is 0 Å². The van der Waals surface area contributed by atoms with E-state index in [1.807, 2.05) is 0 Å². The predicted octanol–water partition coefficient (Wildman–Crippen LogP) is 5.70. The minimum Gasteiger partial charge on any atom is -0.127 e. The Morgan fingerprint density at radius 2 is 1.27 bits per heavy atom. The highest BCUT2D eigenvalue weighted by atomic mass is 35.5. The molecule has 0 radical (unpaired) electrons. The van der Waals surface area contributed by atoms with Gasteiger partial charge in [-0.2, -0.15) is 0 Å². The topological polar surface area (TPSA) is 0 Å². The van der Waals surface area contributed by atoms with E-state index in [0.29, 0.717) is 0 Å². The Labute approximate surface area is 101 Å². The fourth-order valence-corrected chi connectivity index (χ4v) is 1.82. The Morgan fingerprint density at radius 3 is 1.87 bits per heavy atom. The number of allylic oxidation sites excluding steroid dienone is 2. The van der Waals surface area contributed by atoms with Crippen LogP contribution in [0.1, 0.15) is 71.1 Å². The Kier molecular flexibility index (Phi) is 14.1. The van der Waals surface area contributed by atoms with E-state index in [2.05, 4.69) is 19.1 Å². The van der Waals surface area contributed by atoms with Crippen LogP contribution < -0.4 is 0 Å². The normalized spacial score (nSPS) is 11.3. The van der Waals surface area contributed by atoms with Gasteiger partial charge in [0.15, 0.2) is 0 Å². The number of rotatable bonds is 11. The Balaban J connectivity index is 2.96. The van der Waals surface area contributed by atoms with Crippen molar-refractivity contribution in [3.05, 3.63) is 12.2 Å². The molecule has 0 heterocycles. The smallest absolute Gasteiger partial charge is 0.0223 e. The van der Waals surface area contributed by atoms with Crippen molar-refractivity contribution < 1.29 is 0 Å². The second kappa shape index (κ2) is 14.0. The zero-order valence-electron chi connectivity index (χ0n) is 10.3. The molecule has 0 saturated carbocycles. The monoisotopic (exact) mass is 230 g/mol. The molecule has 0 aliphatic rings. The summed E-state index contributed by atoms with van der Waals surface area (Å²) in [6, 6.07) is 0. The first-order chi connectivity index (χ1) is 7.41. The van der Waals surface area contributed by atoms with E-state index < -0.39 is 0 Å². The first kappa shape index (κ1) is 15.0. The molecule has 0 aromatic heterocycles. The van der Waals surface area contributed by atoms with E-state index in [0.717, 1.165) is 12.3 Å².